The number of aliphatic hydroxyl groups excluding tert-OH is 2. The predicted molar refractivity (Wildman–Crippen MR) is 50.2 cm³/mol. The monoisotopic (exact) mass is 212 g/mol. The van der Waals surface area contributed by atoms with Crippen LogP contribution in [0.2, 0.25) is 0 Å². The molecule has 3 atom stereocenters. The molecule has 15 heavy (non-hydrogen) atoms. The van der Waals surface area contributed by atoms with Crippen LogP contribution in [0.3, 0.4) is 0 Å². The topological polar surface area (TPSA) is 95.4 Å². The Bertz CT molecular complexity index is 392. The molecule has 0 aliphatic carbocycles. The number of nitrogens with one attached hydrogen (secondary N) is 1. The lowest BCUT2D eigenvalue weighted by Crippen LogP contribution is -2.24. The second-order valence-electron chi connectivity index (χ2n) is 3.48. The molecule has 0 amide bonds. The summed E-state index contributed by atoms with van der Waals surface area (Å²) in [4.78, 5) is 17.0. The second-order valence-corrected chi connectivity index (χ2v) is 3.48. The van der Waals surface area contributed by atoms with Crippen molar-refractivity contribution in [1.29, 1.82) is 0 Å². The van der Waals surface area contributed by atoms with Gasteiger partial charge >= 0.3 is 5.69 Å². The van der Waals surface area contributed by atoms with Gasteiger partial charge in [0.25, 0.3) is 0 Å². The fourth-order valence-electron chi connectivity index (χ4n) is 1.66. The van der Waals surface area contributed by atoms with Gasteiger partial charge in [0.2, 0.25) is 0 Å². The molecule has 6 nitrogen and oxygen atoms in total. The van der Waals surface area contributed by atoms with Crippen LogP contribution in [0.5, 0.6) is 0 Å². The molecule has 1 aromatic heterocycles. The third-order valence-electron chi connectivity index (χ3n) is 2.45. The number of ether oxygens (including phenoxy) is 1. The number of rotatable bonds is 2. The predicted octanol–water partition coefficient (Wildman–Crippen LogP) is -1.05. The van der Waals surface area contributed by atoms with Crippen molar-refractivity contribution in [1.82, 2.24) is 9.97 Å². The van der Waals surface area contributed by atoms with Crippen LogP contribution in [0.15, 0.2) is 17.1 Å². The molecule has 0 bridgehead atoms. The van der Waals surface area contributed by atoms with Crippen molar-refractivity contribution in [3.63, 3.8) is 0 Å². The summed E-state index contributed by atoms with van der Waals surface area (Å²) in [6, 6.07) is 1.62. The number of aliphatic hydroxyl groups is 2. The van der Waals surface area contributed by atoms with Crippen LogP contribution in [0.25, 0.3) is 0 Å². The van der Waals surface area contributed by atoms with Crippen molar-refractivity contribution in [2.75, 3.05) is 6.61 Å². The molecule has 0 radical (unpaired) electrons. The number of nitrogens with zero attached hydrogens (tertiary/aromatic N) is 1. The van der Waals surface area contributed by atoms with Crippen LogP contribution in [-0.4, -0.2) is 39.0 Å². The number of hydrogen-bond donors (Lipinski definition) is 3. The van der Waals surface area contributed by atoms with Crippen molar-refractivity contribution in [3.05, 3.63) is 28.4 Å². The first kappa shape index (κ1) is 10.3. The van der Waals surface area contributed by atoms with Crippen LogP contribution in [0.4, 0.5) is 0 Å². The lowest BCUT2D eigenvalue weighted by atomic mass is 10.1. The van der Waals surface area contributed by atoms with Gasteiger partial charge in [0.05, 0.1) is 18.4 Å². The zero-order valence-electron chi connectivity index (χ0n) is 7.96. The molecule has 0 unspecified atom stereocenters. The Labute approximate surface area is 85.6 Å². The summed E-state index contributed by atoms with van der Waals surface area (Å²) in [5, 5.41) is 18.4. The highest BCUT2D eigenvalue weighted by Crippen LogP contribution is 2.30. The summed E-state index contributed by atoms with van der Waals surface area (Å²) >= 11 is 0. The van der Waals surface area contributed by atoms with Gasteiger partial charge in [-0.05, 0) is 6.07 Å². The molecule has 1 aliphatic rings. The summed E-state index contributed by atoms with van der Waals surface area (Å²) in [5.41, 5.74) is 0.128. The highest BCUT2D eigenvalue weighted by Gasteiger charge is 2.34. The molecule has 1 aliphatic heterocycles. The minimum absolute atomic E-state index is 0.229. The molecule has 0 spiro atoms. The van der Waals surface area contributed by atoms with Gasteiger partial charge in [0.1, 0.15) is 12.2 Å². The molecule has 0 aromatic carbocycles. The first-order valence-electron chi connectivity index (χ1n) is 4.70. The van der Waals surface area contributed by atoms with E-state index in [2.05, 4.69) is 9.97 Å². The number of aromatic nitrogens is 2. The van der Waals surface area contributed by atoms with Gasteiger partial charge in [-0.3, -0.25) is 0 Å². The van der Waals surface area contributed by atoms with Crippen molar-refractivity contribution in [2.24, 2.45) is 0 Å². The summed E-state index contributed by atoms with van der Waals surface area (Å²) in [6.07, 6.45) is 0.0950. The Balaban J connectivity index is 2.17. The molecule has 1 saturated heterocycles. The average molecular weight is 212 g/mol. The maximum atomic E-state index is 10.9. The molecule has 2 rings (SSSR count). The minimum Gasteiger partial charge on any atom is -0.394 e. The smallest absolute Gasteiger partial charge is 0.345 e. The minimum atomic E-state index is -0.698. The van der Waals surface area contributed by atoms with Gasteiger partial charge in [-0.1, -0.05) is 0 Å². The largest absolute Gasteiger partial charge is 0.394 e. The Morgan fingerprint density at radius 3 is 3.07 bits per heavy atom. The first-order chi connectivity index (χ1) is 7.20. The van der Waals surface area contributed by atoms with Gasteiger partial charge in [0.15, 0.2) is 0 Å². The quantitative estimate of drug-likeness (QED) is 0.581. The van der Waals surface area contributed by atoms with Crippen LogP contribution in [0.1, 0.15) is 18.2 Å². The fraction of sp³-hybridized carbons (Fsp3) is 0.556. The molecule has 1 aromatic rings. The summed E-state index contributed by atoms with van der Waals surface area (Å²) < 4.78 is 5.37. The van der Waals surface area contributed by atoms with Gasteiger partial charge < -0.3 is 19.9 Å². The van der Waals surface area contributed by atoms with E-state index in [4.69, 9.17) is 9.84 Å². The first-order valence-corrected chi connectivity index (χ1v) is 4.70. The van der Waals surface area contributed by atoms with Crippen LogP contribution < -0.4 is 5.69 Å². The van der Waals surface area contributed by atoms with E-state index in [1.807, 2.05) is 0 Å². The van der Waals surface area contributed by atoms with Gasteiger partial charge in [-0.25, -0.2) is 9.78 Å². The van der Waals surface area contributed by atoms with Crippen LogP contribution in [-0.2, 0) is 4.74 Å². The lowest BCUT2D eigenvalue weighted by molar-refractivity contribution is -0.0236. The van der Waals surface area contributed by atoms with Crippen molar-refractivity contribution < 1.29 is 14.9 Å². The molecule has 3 N–H and O–H groups in total. The molecule has 0 saturated carbocycles. The van der Waals surface area contributed by atoms with Crippen molar-refractivity contribution in [3.8, 4) is 0 Å². The van der Waals surface area contributed by atoms with Gasteiger partial charge in [0, 0.05) is 12.6 Å². The van der Waals surface area contributed by atoms with E-state index in [1.54, 1.807) is 6.07 Å². The van der Waals surface area contributed by atoms with Gasteiger partial charge in [-0.15, -0.1) is 0 Å². The summed E-state index contributed by atoms with van der Waals surface area (Å²) in [6.45, 7) is -0.229. The second kappa shape index (κ2) is 4.09. The Hall–Kier alpha value is -1.24. The van der Waals surface area contributed by atoms with E-state index < -0.39 is 17.9 Å². The van der Waals surface area contributed by atoms with E-state index >= 15 is 0 Å². The standard InChI is InChI=1S/C9H12N2O4/c12-4-8-6(13)3-7(15-8)5-1-2-10-9(14)11-5/h1-2,6-8,12-13H,3-4H2,(H,10,11,14)/t6-,7-,8+/m0/s1. The number of H-pyrrole nitrogens is 1. The summed E-state index contributed by atoms with van der Waals surface area (Å²) in [7, 11) is 0. The highest BCUT2D eigenvalue weighted by atomic mass is 16.5. The molecular formula is C9H12N2O4. The molecule has 82 valence electrons. The Morgan fingerprint density at radius 2 is 2.47 bits per heavy atom. The van der Waals surface area contributed by atoms with E-state index in [0.717, 1.165) is 0 Å². The summed E-state index contributed by atoms with van der Waals surface area (Å²) in [5.74, 6) is 0. The highest BCUT2D eigenvalue weighted by molar-refractivity contribution is 5.05. The maximum Gasteiger partial charge on any atom is 0.345 e. The van der Waals surface area contributed by atoms with Crippen LogP contribution >= 0.6 is 0 Å². The Morgan fingerprint density at radius 1 is 1.67 bits per heavy atom. The van der Waals surface area contributed by atoms with Crippen molar-refractivity contribution >= 4 is 0 Å². The zero-order chi connectivity index (χ0) is 10.8. The third kappa shape index (κ3) is 2.06. The molecule has 1 fully saturated rings. The molecule has 2 heterocycles. The Kier molecular flexibility index (Phi) is 2.81. The molecule has 6 heteroatoms. The van der Waals surface area contributed by atoms with E-state index in [1.165, 1.54) is 6.20 Å². The van der Waals surface area contributed by atoms with Crippen LogP contribution in [0, 0.1) is 0 Å². The maximum absolute atomic E-state index is 10.9. The normalized spacial score (nSPS) is 30.7. The van der Waals surface area contributed by atoms with E-state index in [9.17, 15) is 9.90 Å². The third-order valence-corrected chi connectivity index (χ3v) is 2.45. The van der Waals surface area contributed by atoms with E-state index in [0.29, 0.717) is 12.1 Å². The lowest BCUT2D eigenvalue weighted by Gasteiger charge is -2.11. The number of aromatic amines is 1. The molecular weight excluding hydrogens is 200 g/mol. The average Bonchev–Trinajstić information content (AvgIpc) is 2.60. The SMILES string of the molecule is O=c1nccc([C@@H]2C[C@H](O)[C@@H](CO)O2)[nH]1. The van der Waals surface area contributed by atoms with Crippen molar-refractivity contribution in [2.45, 2.75) is 24.7 Å². The fourth-order valence-corrected chi connectivity index (χ4v) is 1.66. The van der Waals surface area contributed by atoms with Gasteiger partial charge in [-0.2, -0.15) is 0 Å². The number of hydrogen-bond acceptors (Lipinski definition) is 5. The van der Waals surface area contributed by atoms with E-state index in [-0.39, 0.29) is 12.7 Å². The zero-order valence-corrected chi connectivity index (χ0v) is 7.96.